The molecule has 1 heterocycles. The van der Waals surface area contributed by atoms with Crippen LogP contribution < -0.4 is 5.32 Å². The van der Waals surface area contributed by atoms with E-state index in [2.05, 4.69) is 54.5 Å². The molecule has 0 atom stereocenters. The van der Waals surface area contributed by atoms with Crippen LogP contribution >= 0.6 is 0 Å². The van der Waals surface area contributed by atoms with Gasteiger partial charge in [-0.1, -0.05) is 36.8 Å². The van der Waals surface area contributed by atoms with Crippen LogP contribution in [0.5, 0.6) is 0 Å². The quantitative estimate of drug-likeness (QED) is 0.855. The second-order valence-corrected chi connectivity index (χ2v) is 4.22. The normalized spacial score (nSPS) is 10.2. The third kappa shape index (κ3) is 3.06. The number of aromatic nitrogens is 1. The van der Waals surface area contributed by atoms with E-state index in [9.17, 15) is 0 Å². The maximum Gasteiger partial charge on any atom is 0.0722 e. The number of nitrogens with zero attached hydrogens (tertiary/aromatic N) is 1. The SMILES string of the molecule is CCCNc1ccnc(-c2ccc(C)cc2)c1. The number of hydrogen-bond donors (Lipinski definition) is 1. The molecule has 0 amide bonds. The van der Waals surface area contributed by atoms with Gasteiger partial charge in [0.2, 0.25) is 0 Å². The number of anilines is 1. The van der Waals surface area contributed by atoms with Crippen LogP contribution in [0.1, 0.15) is 18.9 Å². The highest BCUT2D eigenvalue weighted by atomic mass is 14.9. The summed E-state index contributed by atoms with van der Waals surface area (Å²) < 4.78 is 0. The van der Waals surface area contributed by atoms with Crippen molar-refractivity contribution < 1.29 is 0 Å². The first-order chi connectivity index (χ1) is 8.29. The maximum absolute atomic E-state index is 4.41. The van der Waals surface area contributed by atoms with Crippen LogP contribution in [0, 0.1) is 6.92 Å². The van der Waals surface area contributed by atoms with Gasteiger partial charge < -0.3 is 5.32 Å². The first kappa shape index (κ1) is 11.6. The smallest absolute Gasteiger partial charge is 0.0722 e. The summed E-state index contributed by atoms with van der Waals surface area (Å²) in [6.45, 7) is 5.25. The van der Waals surface area contributed by atoms with E-state index in [-0.39, 0.29) is 0 Å². The zero-order valence-corrected chi connectivity index (χ0v) is 10.4. The fraction of sp³-hybridized carbons (Fsp3) is 0.267. The number of rotatable bonds is 4. The Morgan fingerprint density at radius 1 is 1.12 bits per heavy atom. The molecule has 2 aromatic rings. The zero-order chi connectivity index (χ0) is 12.1. The molecular formula is C15H18N2. The summed E-state index contributed by atoms with van der Waals surface area (Å²) in [6.07, 6.45) is 2.98. The first-order valence-electron chi connectivity index (χ1n) is 6.06. The lowest BCUT2D eigenvalue weighted by Crippen LogP contribution is -1.99. The van der Waals surface area contributed by atoms with Gasteiger partial charge >= 0.3 is 0 Å². The number of aryl methyl sites for hydroxylation is 1. The zero-order valence-electron chi connectivity index (χ0n) is 10.4. The summed E-state index contributed by atoms with van der Waals surface area (Å²) >= 11 is 0. The van der Waals surface area contributed by atoms with Crippen molar-refractivity contribution in [3.8, 4) is 11.3 Å². The number of pyridine rings is 1. The van der Waals surface area contributed by atoms with Crippen LogP contribution in [-0.4, -0.2) is 11.5 Å². The van der Waals surface area contributed by atoms with Crippen LogP contribution in [0.25, 0.3) is 11.3 Å². The van der Waals surface area contributed by atoms with Gasteiger partial charge in [-0.2, -0.15) is 0 Å². The Labute approximate surface area is 103 Å². The summed E-state index contributed by atoms with van der Waals surface area (Å²) in [5.74, 6) is 0. The molecular weight excluding hydrogens is 208 g/mol. The molecule has 0 fully saturated rings. The molecule has 1 N–H and O–H groups in total. The highest BCUT2D eigenvalue weighted by Crippen LogP contribution is 2.20. The second kappa shape index (κ2) is 5.48. The molecule has 0 aliphatic rings. The van der Waals surface area contributed by atoms with Crippen LogP contribution in [0.15, 0.2) is 42.6 Å². The fourth-order valence-corrected chi connectivity index (χ4v) is 1.69. The predicted octanol–water partition coefficient (Wildman–Crippen LogP) is 3.88. The van der Waals surface area contributed by atoms with Crippen molar-refractivity contribution >= 4 is 5.69 Å². The van der Waals surface area contributed by atoms with E-state index in [1.54, 1.807) is 0 Å². The number of hydrogen-bond acceptors (Lipinski definition) is 2. The highest BCUT2D eigenvalue weighted by molar-refractivity contribution is 5.64. The van der Waals surface area contributed by atoms with Gasteiger partial charge in [0, 0.05) is 24.0 Å². The van der Waals surface area contributed by atoms with Gasteiger partial charge in [-0.05, 0) is 25.5 Å². The first-order valence-corrected chi connectivity index (χ1v) is 6.06. The molecule has 0 radical (unpaired) electrons. The Morgan fingerprint density at radius 2 is 1.88 bits per heavy atom. The van der Waals surface area contributed by atoms with E-state index in [0.717, 1.165) is 29.9 Å². The van der Waals surface area contributed by atoms with Gasteiger partial charge in [0.05, 0.1) is 5.69 Å². The molecule has 0 unspecified atom stereocenters. The largest absolute Gasteiger partial charge is 0.385 e. The Morgan fingerprint density at radius 3 is 2.59 bits per heavy atom. The molecule has 1 aromatic heterocycles. The van der Waals surface area contributed by atoms with E-state index in [4.69, 9.17) is 0 Å². The van der Waals surface area contributed by atoms with Crippen LogP contribution in [0.3, 0.4) is 0 Å². The minimum absolute atomic E-state index is 0.997. The minimum atomic E-state index is 0.997. The van der Waals surface area contributed by atoms with Crippen molar-refractivity contribution in [3.05, 3.63) is 48.2 Å². The van der Waals surface area contributed by atoms with E-state index in [1.807, 2.05) is 12.3 Å². The molecule has 2 nitrogen and oxygen atoms in total. The molecule has 17 heavy (non-hydrogen) atoms. The predicted molar refractivity (Wildman–Crippen MR) is 73.2 cm³/mol. The Bertz CT molecular complexity index is 475. The Balaban J connectivity index is 2.23. The van der Waals surface area contributed by atoms with Gasteiger partial charge in [-0.25, -0.2) is 0 Å². The topological polar surface area (TPSA) is 24.9 Å². The molecule has 0 spiro atoms. The van der Waals surface area contributed by atoms with Crippen molar-refractivity contribution in [2.45, 2.75) is 20.3 Å². The van der Waals surface area contributed by atoms with Crippen LogP contribution in [-0.2, 0) is 0 Å². The molecule has 2 rings (SSSR count). The number of benzene rings is 1. The Kier molecular flexibility index (Phi) is 3.76. The molecule has 0 aliphatic heterocycles. The maximum atomic E-state index is 4.41. The second-order valence-electron chi connectivity index (χ2n) is 4.22. The lowest BCUT2D eigenvalue weighted by molar-refractivity contribution is 0.979. The fourth-order valence-electron chi connectivity index (χ4n) is 1.69. The molecule has 0 saturated heterocycles. The van der Waals surface area contributed by atoms with Crippen molar-refractivity contribution in [2.24, 2.45) is 0 Å². The third-order valence-corrected chi connectivity index (χ3v) is 2.69. The molecule has 0 saturated carbocycles. The minimum Gasteiger partial charge on any atom is -0.385 e. The van der Waals surface area contributed by atoms with E-state index in [0.29, 0.717) is 0 Å². The molecule has 88 valence electrons. The number of nitrogens with one attached hydrogen (secondary N) is 1. The van der Waals surface area contributed by atoms with Crippen molar-refractivity contribution in [1.82, 2.24) is 4.98 Å². The third-order valence-electron chi connectivity index (χ3n) is 2.69. The van der Waals surface area contributed by atoms with Gasteiger partial charge in [-0.15, -0.1) is 0 Å². The highest BCUT2D eigenvalue weighted by Gasteiger charge is 2.00. The summed E-state index contributed by atoms with van der Waals surface area (Å²) in [5.41, 5.74) is 4.59. The van der Waals surface area contributed by atoms with Crippen molar-refractivity contribution in [1.29, 1.82) is 0 Å². The lowest BCUT2D eigenvalue weighted by atomic mass is 10.1. The summed E-state index contributed by atoms with van der Waals surface area (Å²) in [7, 11) is 0. The van der Waals surface area contributed by atoms with Gasteiger partial charge in [-0.3, -0.25) is 4.98 Å². The molecule has 0 bridgehead atoms. The lowest BCUT2D eigenvalue weighted by Gasteiger charge is -2.07. The van der Waals surface area contributed by atoms with E-state index in [1.165, 1.54) is 5.56 Å². The summed E-state index contributed by atoms with van der Waals surface area (Å²) in [4.78, 5) is 4.41. The van der Waals surface area contributed by atoms with Gasteiger partial charge in [0.25, 0.3) is 0 Å². The average Bonchev–Trinajstić information content (AvgIpc) is 2.37. The van der Waals surface area contributed by atoms with E-state index >= 15 is 0 Å². The Hall–Kier alpha value is -1.83. The van der Waals surface area contributed by atoms with Gasteiger partial charge in [0.15, 0.2) is 0 Å². The average molecular weight is 226 g/mol. The van der Waals surface area contributed by atoms with Crippen LogP contribution in [0.2, 0.25) is 0 Å². The standard InChI is InChI=1S/C15H18N2/c1-3-9-16-14-8-10-17-15(11-14)13-6-4-12(2)5-7-13/h4-8,10-11H,3,9H2,1-2H3,(H,16,17). The monoisotopic (exact) mass is 226 g/mol. The summed E-state index contributed by atoms with van der Waals surface area (Å²) in [6, 6.07) is 12.6. The van der Waals surface area contributed by atoms with Crippen molar-refractivity contribution in [2.75, 3.05) is 11.9 Å². The molecule has 1 aromatic carbocycles. The van der Waals surface area contributed by atoms with Crippen LogP contribution in [0.4, 0.5) is 5.69 Å². The van der Waals surface area contributed by atoms with E-state index < -0.39 is 0 Å². The van der Waals surface area contributed by atoms with Crippen molar-refractivity contribution in [3.63, 3.8) is 0 Å². The summed E-state index contributed by atoms with van der Waals surface area (Å²) in [5, 5.41) is 3.38. The molecule has 0 aliphatic carbocycles. The van der Waals surface area contributed by atoms with Gasteiger partial charge in [0.1, 0.15) is 0 Å². The molecule has 2 heteroatoms.